The van der Waals surface area contributed by atoms with E-state index in [1.165, 1.54) is 0 Å². The van der Waals surface area contributed by atoms with Crippen molar-refractivity contribution in [3.63, 3.8) is 0 Å². The lowest BCUT2D eigenvalue weighted by Gasteiger charge is -2.23. The van der Waals surface area contributed by atoms with Crippen LogP contribution in [0.15, 0.2) is 12.1 Å². The largest absolute Gasteiger partial charge is 0.486 e. The van der Waals surface area contributed by atoms with Gasteiger partial charge in [-0.25, -0.2) is 5.84 Å². The molecule has 5 nitrogen and oxygen atoms in total. The maximum absolute atomic E-state index is 11.9. The number of carbonyl (C=O) groups is 1. The van der Waals surface area contributed by atoms with Gasteiger partial charge in [0.2, 0.25) is 5.91 Å². The first kappa shape index (κ1) is 12.7. The van der Waals surface area contributed by atoms with Crippen molar-refractivity contribution in [1.29, 1.82) is 0 Å². The van der Waals surface area contributed by atoms with Crippen LogP contribution < -0.4 is 15.3 Å². The molecule has 1 aromatic carbocycles. The molecule has 2 N–H and O–H groups in total. The van der Waals surface area contributed by atoms with E-state index in [9.17, 15) is 4.79 Å². The van der Waals surface area contributed by atoms with Gasteiger partial charge in [0.15, 0.2) is 11.5 Å². The molecule has 0 saturated carbocycles. The fourth-order valence-corrected chi connectivity index (χ4v) is 2.11. The van der Waals surface area contributed by atoms with Crippen molar-refractivity contribution in [2.24, 2.45) is 5.84 Å². The third kappa shape index (κ3) is 2.26. The summed E-state index contributed by atoms with van der Waals surface area (Å²) in [6.45, 7) is 4.89. The van der Waals surface area contributed by atoms with Gasteiger partial charge in [0.1, 0.15) is 13.2 Å². The number of hydrazine groups is 1. The molecular weight excluding hydrogens is 232 g/mol. The Kier molecular flexibility index (Phi) is 3.43. The number of amides is 1. The number of benzene rings is 1. The van der Waals surface area contributed by atoms with Crippen molar-refractivity contribution >= 4 is 5.91 Å². The van der Waals surface area contributed by atoms with Crippen LogP contribution in [0.25, 0.3) is 0 Å². The average Bonchev–Trinajstić information content (AvgIpc) is 2.36. The van der Waals surface area contributed by atoms with Crippen LogP contribution in [0.2, 0.25) is 0 Å². The van der Waals surface area contributed by atoms with Gasteiger partial charge in [-0.2, -0.15) is 0 Å². The maximum atomic E-state index is 11.9. The molecule has 1 amide bonds. The molecule has 0 saturated heterocycles. The van der Waals surface area contributed by atoms with E-state index in [2.05, 4.69) is 0 Å². The van der Waals surface area contributed by atoms with Gasteiger partial charge >= 0.3 is 0 Å². The fourth-order valence-electron chi connectivity index (χ4n) is 2.11. The predicted molar refractivity (Wildman–Crippen MR) is 67.5 cm³/mol. The lowest BCUT2D eigenvalue weighted by molar-refractivity contribution is -0.131. The molecule has 0 fully saturated rings. The molecule has 18 heavy (non-hydrogen) atoms. The highest BCUT2D eigenvalue weighted by Gasteiger charge is 2.22. The first-order valence-corrected chi connectivity index (χ1v) is 5.93. The molecule has 0 aromatic heterocycles. The van der Waals surface area contributed by atoms with E-state index in [0.29, 0.717) is 19.0 Å². The number of ether oxygens (including phenoxy) is 2. The van der Waals surface area contributed by atoms with Gasteiger partial charge in [-0.3, -0.25) is 9.80 Å². The molecule has 98 valence electrons. The van der Waals surface area contributed by atoms with Crippen molar-refractivity contribution in [2.45, 2.75) is 19.8 Å². The van der Waals surface area contributed by atoms with Crippen LogP contribution in [0, 0.1) is 6.92 Å². The zero-order valence-electron chi connectivity index (χ0n) is 10.9. The molecule has 2 rings (SSSR count). The Morgan fingerprint density at radius 2 is 1.89 bits per heavy atom. The van der Waals surface area contributed by atoms with E-state index in [-0.39, 0.29) is 11.8 Å². The van der Waals surface area contributed by atoms with Crippen molar-refractivity contribution in [2.75, 3.05) is 20.3 Å². The van der Waals surface area contributed by atoms with E-state index in [1.807, 2.05) is 26.0 Å². The Bertz CT molecular complexity index is 472. The molecule has 0 spiro atoms. The quantitative estimate of drug-likeness (QED) is 0.486. The van der Waals surface area contributed by atoms with E-state index in [0.717, 1.165) is 21.9 Å². The minimum atomic E-state index is -0.296. The second kappa shape index (κ2) is 4.86. The van der Waals surface area contributed by atoms with E-state index in [4.69, 9.17) is 15.3 Å². The predicted octanol–water partition coefficient (Wildman–Crippen LogP) is 1.20. The summed E-state index contributed by atoms with van der Waals surface area (Å²) < 4.78 is 11.0. The smallest absolute Gasteiger partial charge is 0.243 e. The number of aryl methyl sites for hydroxylation is 1. The first-order valence-electron chi connectivity index (χ1n) is 5.93. The Morgan fingerprint density at radius 1 is 1.33 bits per heavy atom. The number of nitrogens with zero attached hydrogens (tertiary/aromatic N) is 1. The van der Waals surface area contributed by atoms with Gasteiger partial charge in [0.25, 0.3) is 0 Å². The molecule has 0 radical (unpaired) electrons. The van der Waals surface area contributed by atoms with Crippen LogP contribution >= 0.6 is 0 Å². The van der Waals surface area contributed by atoms with Crippen molar-refractivity contribution < 1.29 is 14.3 Å². The highest BCUT2D eigenvalue weighted by Crippen LogP contribution is 2.35. The minimum absolute atomic E-state index is 0.130. The zero-order chi connectivity index (χ0) is 13.3. The molecule has 0 aliphatic carbocycles. The summed E-state index contributed by atoms with van der Waals surface area (Å²) in [6.07, 6.45) is 0. The number of fused-ring (bicyclic) bond motifs is 1. The molecule has 1 atom stereocenters. The number of likely N-dealkylation sites (N-methyl/N-ethyl adjacent to an activating group) is 1. The first-order chi connectivity index (χ1) is 8.50. The van der Waals surface area contributed by atoms with Gasteiger partial charge < -0.3 is 9.47 Å². The second-order valence-electron chi connectivity index (χ2n) is 4.52. The molecule has 1 aliphatic rings. The summed E-state index contributed by atoms with van der Waals surface area (Å²) in [6, 6.07) is 3.78. The Morgan fingerprint density at radius 3 is 2.44 bits per heavy atom. The van der Waals surface area contributed by atoms with Gasteiger partial charge in [-0.05, 0) is 37.1 Å². The maximum Gasteiger partial charge on any atom is 0.243 e. The van der Waals surface area contributed by atoms with Gasteiger partial charge in [0.05, 0.1) is 5.92 Å². The lowest BCUT2D eigenvalue weighted by Crippen LogP contribution is -2.36. The highest BCUT2D eigenvalue weighted by atomic mass is 16.6. The third-order valence-electron chi connectivity index (χ3n) is 3.12. The van der Waals surface area contributed by atoms with E-state index in [1.54, 1.807) is 7.05 Å². The molecule has 0 bridgehead atoms. The number of rotatable bonds is 2. The number of carbonyl (C=O) groups excluding carboxylic acids is 1. The minimum Gasteiger partial charge on any atom is -0.486 e. The number of hydrogen-bond acceptors (Lipinski definition) is 4. The molecular formula is C13H18N2O3. The zero-order valence-corrected chi connectivity index (χ0v) is 10.9. The molecule has 1 heterocycles. The summed E-state index contributed by atoms with van der Waals surface area (Å²) in [7, 11) is 1.55. The monoisotopic (exact) mass is 250 g/mol. The summed E-state index contributed by atoms with van der Waals surface area (Å²) in [5.41, 5.74) is 1.92. The van der Waals surface area contributed by atoms with E-state index < -0.39 is 0 Å². The standard InChI is InChI=1S/C13H18N2O3/c1-8-6-11-12(18-5-4-17-11)7-10(8)9(2)13(16)15(3)14/h6-7,9H,4-5,14H2,1-3H3. The SMILES string of the molecule is Cc1cc2c(cc1C(C)C(=O)N(C)N)OCCO2. The summed E-state index contributed by atoms with van der Waals surface area (Å²) >= 11 is 0. The summed E-state index contributed by atoms with van der Waals surface area (Å²) in [5.74, 6) is 6.50. The third-order valence-corrected chi connectivity index (χ3v) is 3.12. The van der Waals surface area contributed by atoms with Crippen LogP contribution in [0.4, 0.5) is 0 Å². The molecule has 5 heteroatoms. The highest BCUT2D eigenvalue weighted by molar-refractivity contribution is 5.83. The van der Waals surface area contributed by atoms with Gasteiger partial charge in [-0.15, -0.1) is 0 Å². The Hall–Kier alpha value is -1.75. The topological polar surface area (TPSA) is 64.8 Å². The van der Waals surface area contributed by atoms with Gasteiger partial charge in [0, 0.05) is 7.05 Å². The van der Waals surface area contributed by atoms with Crippen LogP contribution in [0.5, 0.6) is 11.5 Å². The fraction of sp³-hybridized carbons (Fsp3) is 0.462. The van der Waals surface area contributed by atoms with Crippen molar-refractivity contribution in [3.8, 4) is 11.5 Å². The second-order valence-corrected chi connectivity index (χ2v) is 4.52. The normalized spacial score (nSPS) is 15.1. The summed E-state index contributed by atoms with van der Waals surface area (Å²) in [4.78, 5) is 11.9. The van der Waals surface area contributed by atoms with Crippen LogP contribution in [-0.2, 0) is 4.79 Å². The summed E-state index contributed by atoms with van der Waals surface area (Å²) in [5, 5.41) is 1.11. The van der Waals surface area contributed by atoms with Crippen molar-refractivity contribution in [1.82, 2.24) is 5.01 Å². The van der Waals surface area contributed by atoms with Crippen LogP contribution in [0.1, 0.15) is 24.0 Å². The van der Waals surface area contributed by atoms with Crippen LogP contribution in [0.3, 0.4) is 0 Å². The molecule has 1 aromatic rings. The number of nitrogens with two attached hydrogens (primary N) is 1. The van der Waals surface area contributed by atoms with Gasteiger partial charge in [-0.1, -0.05) is 0 Å². The molecule has 1 unspecified atom stereocenters. The van der Waals surface area contributed by atoms with Crippen molar-refractivity contribution in [3.05, 3.63) is 23.3 Å². The lowest BCUT2D eigenvalue weighted by atomic mass is 9.95. The Labute approximate surface area is 106 Å². The van der Waals surface area contributed by atoms with Crippen LogP contribution in [-0.4, -0.2) is 31.2 Å². The molecule has 1 aliphatic heterocycles. The number of hydrogen-bond donors (Lipinski definition) is 1. The van der Waals surface area contributed by atoms with E-state index >= 15 is 0 Å². The Balaban J connectivity index is 2.36. The average molecular weight is 250 g/mol.